The quantitative estimate of drug-likeness (QED) is 0.575. The number of hydrogen-bond acceptors (Lipinski definition) is 4. The molecule has 1 atom stereocenters. The van der Waals surface area contributed by atoms with Crippen LogP contribution in [0.3, 0.4) is 0 Å². The molecule has 0 saturated carbocycles. The zero-order chi connectivity index (χ0) is 21.1. The first-order valence-corrected chi connectivity index (χ1v) is 9.95. The molecule has 0 spiro atoms. The van der Waals surface area contributed by atoms with E-state index in [0.717, 1.165) is 28.9 Å². The Balaban J connectivity index is 1.74. The molecule has 4 rings (SSSR count). The highest BCUT2D eigenvalue weighted by Crippen LogP contribution is 2.41. The predicted octanol–water partition coefficient (Wildman–Crippen LogP) is 4.79. The number of amides is 1. The summed E-state index contributed by atoms with van der Waals surface area (Å²) in [6.45, 7) is 2.50. The number of carbonyl (C=O) groups is 1. The van der Waals surface area contributed by atoms with E-state index >= 15 is 0 Å². The number of hydrogen-bond donors (Lipinski definition) is 0. The molecule has 1 aliphatic heterocycles. The molecule has 0 saturated heterocycles. The Hall–Kier alpha value is -3.47. The van der Waals surface area contributed by atoms with Gasteiger partial charge in [-0.3, -0.25) is 4.79 Å². The molecule has 1 unspecified atom stereocenters. The molecule has 0 aliphatic carbocycles. The minimum atomic E-state index is -0.203. The molecule has 1 amide bonds. The van der Waals surface area contributed by atoms with Crippen molar-refractivity contribution in [3.63, 3.8) is 0 Å². The molecule has 30 heavy (non-hydrogen) atoms. The van der Waals surface area contributed by atoms with Gasteiger partial charge in [-0.05, 0) is 60.4 Å². The predicted molar refractivity (Wildman–Crippen MR) is 116 cm³/mol. The van der Waals surface area contributed by atoms with Gasteiger partial charge in [-0.2, -0.15) is 0 Å². The molecule has 3 aromatic rings. The molecule has 0 bridgehead atoms. The maximum absolute atomic E-state index is 13.2. The molecular weight excluding hydrogens is 378 g/mol. The minimum absolute atomic E-state index is 0.0571. The van der Waals surface area contributed by atoms with Crippen molar-refractivity contribution in [2.45, 2.75) is 19.4 Å². The lowest BCUT2D eigenvalue weighted by Crippen LogP contribution is -2.39. The molecule has 5 heteroatoms. The van der Waals surface area contributed by atoms with Crippen LogP contribution in [0.5, 0.6) is 11.5 Å². The van der Waals surface area contributed by atoms with Crippen LogP contribution in [-0.4, -0.2) is 31.6 Å². The van der Waals surface area contributed by atoms with Gasteiger partial charge in [0.05, 0.1) is 20.3 Å². The van der Waals surface area contributed by atoms with Crippen molar-refractivity contribution >= 4 is 12.0 Å². The Kier molecular flexibility index (Phi) is 5.61. The van der Waals surface area contributed by atoms with Crippen LogP contribution in [0.4, 0.5) is 0 Å². The Morgan fingerprint density at radius 1 is 1.07 bits per heavy atom. The summed E-state index contributed by atoms with van der Waals surface area (Å²) in [6, 6.07) is 17.6. The van der Waals surface area contributed by atoms with E-state index < -0.39 is 0 Å². The summed E-state index contributed by atoms with van der Waals surface area (Å²) >= 11 is 0. The van der Waals surface area contributed by atoms with E-state index in [2.05, 4.69) is 12.1 Å². The Morgan fingerprint density at radius 2 is 1.80 bits per heavy atom. The SMILES string of the molecule is COc1cc2c(cc1OC)C(c1ccccc1)N(C(=O)C=Cc1ccc(C)o1)CC2. The number of benzene rings is 2. The van der Waals surface area contributed by atoms with Crippen molar-refractivity contribution in [3.05, 3.63) is 88.9 Å². The van der Waals surface area contributed by atoms with Crippen molar-refractivity contribution < 1.29 is 18.7 Å². The lowest BCUT2D eigenvalue weighted by atomic mass is 9.87. The van der Waals surface area contributed by atoms with Crippen molar-refractivity contribution in [1.82, 2.24) is 4.90 Å². The van der Waals surface area contributed by atoms with Crippen LogP contribution in [0.15, 0.2) is 65.1 Å². The van der Waals surface area contributed by atoms with Crippen LogP contribution in [0, 0.1) is 6.92 Å². The molecule has 2 heterocycles. The smallest absolute Gasteiger partial charge is 0.247 e. The van der Waals surface area contributed by atoms with E-state index in [9.17, 15) is 4.79 Å². The number of furan rings is 1. The van der Waals surface area contributed by atoms with Gasteiger partial charge in [0.25, 0.3) is 0 Å². The summed E-state index contributed by atoms with van der Waals surface area (Å²) in [6.07, 6.45) is 4.06. The molecular formula is C25H25NO4. The molecule has 1 aliphatic rings. The number of carbonyl (C=O) groups excluding carboxylic acids is 1. The van der Waals surface area contributed by atoms with Gasteiger partial charge < -0.3 is 18.8 Å². The molecule has 0 N–H and O–H groups in total. The third-order valence-electron chi connectivity index (χ3n) is 5.42. The van der Waals surface area contributed by atoms with Gasteiger partial charge in [-0.25, -0.2) is 0 Å². The Bertz CT molecular complexity index is 1070. The largest absolute Gasteiger partial charge is 0.493 e. The standard InChI is InChI=1S/C25H25NO4/c1-17-9-10-20(30-17)11-12-24(27)26-14-13-19-15-22(28-2)23(29-3)16-21(19)25(26)18-7-5-4-6-8-18/h4-12,15-16,25H,13-14H2,1-3H3. The summed E-state index contributed by atoms with van der Waals surface area (Å²) in [7, 11) is 3.26. The van der Waals surface area contributed by atoms with Crippen molar-refractivity contribution in [3.8, 4) is 11.5 Å². The maximum Gasteiger partial charge on any atom is 0.247 e. The third kappa shape index (κ3) is 3.83. The van der Waals surface area contributed by atoms with E-state index in [-0.39, 0.29) is 11.9 Å². The number of ether oxygens (including phenoxy) is 2. The minimum Gasteiger partial charge on any atom is -0.493 e. The highest BCUT2D eigenvalue weighted by atomic mass is 16.5. The van der Waals surface area contributed by atoms with Crippen LogP contribution < -0.4 is 9.47 Å². The normalized spacial score (nSPS) is 15.8. The number of aryl methyl sites for hydroxylation is 1. The Labute approximate surface area is 176 Å². The first-order chi connectivity index (χ1) is 14.6. The first-order valence-electron chi connectivity index (χ1n) is 9.95. The van der Waals surface area contributed by atoms with Crippen LogP contribution in [0.1, 0.15) is 34.3 Å². The summed E-state index contributed by atoms with van der Waals surface area (Å²) in [4.78, 5) is 15.1. The van der Waals surface area contributed by atoms with Gasteiger partial charge >= 0.3 is 0 Å². The number of rotatable bonds is 5. The molecule has 0 radical (unpaired) electrons. The Morgan fingerprint density at radius 3 is 2.47 bits per heavy atom. The van der Waals surface area contributed by atoms with Gasteiger partial charge in [-0.15, -0.1) is 0 Å². The van der Waals surface area contributed by atoms with Gasteiger partial charge in [0.2, 0.25) is 5.91 Å². The second kappa shape index (κ2) is 8.49. The summed E-state index contributed by atoms with van der Waals surface area (Å²) in [5.74, 6) is 2.79. The summed E-state index contributed by atoms with van der Waals surface area (Å²) in [5, 5.41) is 0. The average Bonchev–Trinajstić information content (AvgIpc) is 3.21. The third-order valence-corrected chi connectivity index (χ3v) is 5.42. The number of nitrogens with zero attached hydrogens (tertiary/aromatic N) is 1. The lowest BCUT2D eigenvalue weighted by molar-refractivity contribution is -0.128. The van der Waals surface area contributed by atoms with Gasteiger partial charge in [-0.1, -0.05) is 30.3 Å². The lowest BCUT2D eigenvalue weighted by Gasteiger charge is -2.37. The van der Waals surface area contributed by atoms with Gasteiger partial charge in [0.15, 0.2) is 11.5 Å². The highest BCUT2D eigenvalue weighted by Gasteiger charge is 2.32. The number of methoxy groups -OCH3 is 2. The highest BCUT2D eigenvalue weighted by molar-refractivity contribution is 5.92. The van der Waals surface area contributed by atoms with Gasteiger partial charge in [0.1, 0.15) is 11.5 Å². The van der Waals surface area contributed by atoms with Gasteiger partial charge in [0, 0.05) is 12.6 Å². The van der Waals surface area contributed by atoms with Crippen molar-refractivity contribution in [1.29, 1.82) is 0 Å². The zero-order valence-electron chi connectivity index (χ0n) is 17.4. The fourth-order valence-corrected chi connectivity index (χ4v) is 3.97. The molecule has 154 valence electrons. The van der Waals surface area contributed by atoms with Crippen molar-refractivity contribution in [2.24, 2.45) is 0 Å². The van der Waals surface area contributed by atoms with E-state index in [1.807, 2.05) is 54.3 Å². The van der Waals surface area contributed by atoms with E-state index in [0.29, 0.717) is 23.8 Å². The monoisotopic (exact) mass is 403 g/mol. The molecule has 5 nitrogen and oxygen atoms in total. The fraction of sp³-hybridized carbons (Fsp3) is 0.240. The molecule has 0 fully saturated rings. The van der Waals surface area contributed by atoms with Crippen LogP contribution in [-0.2, 0) is 11.2 Å². The summed E-state index contributed by atoms with van der Waals surface area (Å²) < 4.78 is 16.6. The average molecular weight is 403 g/mol. The number of fused-ring (bicyclic) bond motifs is 1. The van der Waals surface area contributed by atoms with Crippen molar-refractivity contribution in [2.75, 3.05) is 20.8 Å². The fourth-order valence-electron chi connectivity index (χ4n) is 3.97. The van der Waals surface area contributed by atoms with Crippen LogP contribution in [0.2, 0.25) is 0 Å². The maximum atomic E-state index is 13.2. The van der Waals surface area contributed by atoms with E-state index in [1.54, 1.807) is 26.4 Å². The van der Waals surface area contributed by atoms with Crippen LogP contribution >= 0.6 is 0 Å². The second-order valence-corrected chi connectivity index (χ2v) is 7.28. The van der Waals surface area contributed by atoms with Crippen LogP contribution in [0.25, 0.3) is 6.08 Å². The topological polar surface area (TPSA) is 51.9 Å². The van der Waals surface area contributed by atoms with E-state index in [4.69, 9.17) is 13.9 Å². The van der Waals surface area contributed by atoms with E-state index in [1.165, 1.54) is 0 Å². The molecule has 2 aromatic carbocycles. The first kappa shape index (κ1) is 19.8. The molecule has 1 aromatic heterocycles. The summed E-state index contributed by atoms with van der Waals surface area (Å²) in [5.41, 5.74) is 3.28. The second-order valence-electron chi connectivity index (χ2n) is 7.28. The zero-order valence-corrected chi connectivity index (χ0v) is 17.4.